The van der Waals surface area contributed by atoms with Gasteiger partial charge in [0.15, 0.2) is 10.9 Å². The quantitative estimate of drug-likeness (QED) is 0.511. The highest BCUT2D eigenvalue weighted by Crippen LogP contribution is 2.32. The number of Topliss-reactive ketones (excluding diaryl/α,β-unsaturated/α-hetero) is 1. The number of hydrogen-bond acceptors (Lipinski definition) is 5. The lowest BCUT2D eigenvalue weighted by Crippen LogP contribution is -2.23. The smallest absolute Gasteiger partial charge is 0.230 e. The Bertz CT molecular complexity index is 1080. The lowest BCUT2D eigenvalue weighted by Gasteiger charge is -2.21. The van der Waals surface area contributed by atoms with E-state index in [0.717, 1.165) is 22.9 Å². The molecule has 0 radical (unpaired) electrons. The summed E-state index contributed by atoms with van der Waals surface area (Å²) >= 11 is 1.33. The summed E-state index contributed by atoms with van der Waals surface area (Å²) in [4.78, 5) is 30.2. The first kappa shape index (κ1) is 20.7. The third-order valence-electron chi connectivity index (χ3n) is 4.56. The average Bonchev–Trinajstić information content (AvgIpc) is 3.12. The number of ether oxygens (including phenoxy) is 1. The Morgan fingerprint density at radius 2 is 1.93 bits per heavy atom. The van der Waals surface area contributed by atoms with Gasteiger partial charge in [0.25, 0.3) is 0 Å². The zero-order chi connectivity index (χ0) is 21.1. The largest absolute Gasteiger partial charge is 0.487 e. The van der Waals surface area contributed by atoms with Crippen molar-refractivity contribution >= 4 is 33.8 Å². The molecule has 0 bridgehead atoms. The second-order valence-corrected chi connectivity index (χ2v) is 7.52. The highest BCUT2D eigenvalue weighted by Gasteiger charge is 2.20. The van der Waals surface area contributed by atoms with Crippen molar-refractivity contribution in [3.05, 3.63) is 70.0 Å². The monoisotopic (exact) mass is 412 g/mol. The van der Waals surface area contributed by atoms with E-state index in [0.29, 0.717) is 16.6 Å². The summed E-state index contributed by atoms with van der Waals surface area (Å²) in [6, 6.07) is 9.61. The van der Waals surface area contributed by atoms with Gasteiger partial charge in [-0.05, 0) is 56.2 Å². The number of ketones is 1. The Balaban J connectivity index is 1.84. The van der Waals surface area contributed by atoms with Gasteiger partial charge >= 0.3 is 0 Å². The van der Waals surface area contributed by atoms with Crippen molar-refractivity contribution in [3.8, 4) is 5.75 Å². The van der Waals surface area contributed by atoms with E-state index < -0.39 is 5.82 Å². The molecule has 0 aliphatic rings. The number of benzene rings is 2. The van der Waals surface area contributed by atoms with Gasteiger partial charge in [-0.2, -0.15) is 0 Å². The highest BCUT2D eigenvalue weighted by molar-refractivity contribution is 7.14. The van der Waals surface area contributed by atoms with Crippen molar-refractivity contribution in [2.75, 3.05) is 4.90 Å². The van der Waals surface area contributed by atoms with Gasteiger partial charge in [-0.15, -0.1) is 11.3 Å². The fourth-order valence-electron chi connectivity index (χ4n) is 2.91. The van der Waals surface area contributed by atoms with Gasteiger partial charge in [0.05, 0.1) is 16.9 Å². The van der Waals surface area contributed by atoms with Crippen LogP contribution in [0, 0.1) is 19.7 Å². The van der Waals surface area contributed by atoms with E-state index in [1.54, 1.807) is 10.3 Å². The van der Waals surface area contributed by atoms with Crippen LogP contribution in [0.4, 0.5) is 15.2 Å². The van der Waals surface area contributed by atoms with Gasteiger partial charge in [-0.3, -0.25) is 14.5 Å². The summed E-state index contributed by atoms with van der Waals surface area (Å²) in [7, 11) is 0. The molecule has 0 N–H and O–H groups in total. The van der Waals surface area contributed by atoms with Crippen LogP contribution in [0.1, 0.15) is 41.0 Å². The van der Waals surface area contributed by atoms with E-state index in [-0.39, 0.29) is 23.9 Å². The van der Waals surface area contributed by atoms with E-state index in [1.807, 2.05) is 32.0 Å². The van der Waals surface area contributed by atoms with E-state index in [1.165, 1.54) is 37.3 Å². The van der Waals surface area contributed by atoms with E-state index in [9.17, 15) is 14.0 Å². The molecular formula is C22H21FN2O3S. The second kappa shape index (κ2) is 8.53. The van der Waals surface area contributed by atoms with Crippen LogP contribution in [0.2, 0.25) is 0 Å². The van der Waals surface area contributed by atoms with Gasteiger partial charge in [0.1, 0.15) is 18.2 Å². The Kier molecular flexibility index (Phi) is 6.08. The van der Waals surface area contributed by atoms with Crippen LogP contribution in [-0.2, 0) is 11.4 Å². The number of rotatable bonds is 6. The highest BCUT2D eigenvalue weighted by atomic mass is 32.1. The number of aryl methyl sites for hydroxylation is 1. The molecule has 150 valence electrons. The number of carbonyl (C=O) groups excluding carboxylic acids is 2. The molecule has 0 atom stereocenters. The van der Waals surface area contributed by atoms with Crippen molar-refractivity contribution < 1.29 is 18.7 Å². The van der Waals surface area contributed by atoms with Gasteiger partial charge in [0.2, 0.25) is 5.91 Å². The maximum Gasteiger partial charge on any atom is 0.230 e. The molecule has 0 saturated carbocycles. The molecule has 1 aromatic heterocycles. The van der Waals surface area contributed by atoms with Crippen molar-refractivity contribution in [1.82, 2.24) is 4.98 Å². The van der Waals surface area contributed by atoms with Crippen LogP contribution >= 0.6 is 11.3 Å². The third kappa shape index (κ3) is 4.51. The molecule has 5 nitrogen and oxygen atoms in total. The number of aromatic nitrogens is 1. The Morgan fingerprint density at radius 1 is 1.17 bits per heavy atom. The zero-order valence-corrected chi connectivity index (χ0v) is 17.5. The van der Waals surface area contributed by atoms with Gasteiger partial charge < -0.3 is 4.74 Å². The summed E-state index contributed by atoms with van der Waals surface area (Å²) in [5, 5.41) is 2.34. The number of anilines is 2. The maximum atomic E-state index is 13.4. The van der Waals surface area contributed by atoms with Crippen LogP contribution in [-0.4, -0.2) is 16.7 Å². The molecule has 2 aromatic carbocycles. The molecule has 0 aliphatic carbocycles. The van der Waals surface area contributed by atoms with Crippen LogP contribution in [0.25, 0.3) is 0 Å². The minimum atomic E-state index is -0.496. The Labute approximate surface area is 172 Å². The second-order valence-electron chi connectivity index (χ2n) is 6.68. The number of carbonyl (C=O) groups is 2. The number of halogens is 1. The van der Waals surface area contributed by atoms with Gasteiger partial charge in [-0.1, -0.05) is 12.1 Å². The number of hydrogen-bond donors (Lipinski definition) is 0. The molecule has 3 rings (SSSR count). The SMILES string of the molecule is CC(=O)c1cc(F)ccc1OCc1csc(N(C(C)=O)c2cccc(C)c2C)n1. The molecule has 0 aliphatic heterocycles. The predicted molar refractivity (Wildman–Crippen MR) is 112 cm³/mol. The molecule has 7 heteroatoms. The van der Waals surface area contributed by atoms with Gasteiger partial charge in [-0.25, -0.2) is 9.37 Å². The van der Waals surface area contributed by atoms with Gasteiger partial charge in [0, 0.05) is 12.3 Å². The first-order chi connectivity index (χ1) is 13.8. The first-order valence-corrected chi connectivity index (χ1v) is 9.90. The summed E-state index contributed by atoms with van der Waals surface area (Å²) in [6.45, 7) is 6.92. The normalized spacial score (nSPS) is 10.7. The van der Waals surface area contributed by atoms with Crippen LogP contribution < -0.4 is 9.64 Å². The number of thiazole rings is 1. The fourth-order valence-corrected chi connectivity index (χ4v) is 3.77. The average molecular weight is 412 g/mol. The molecular weight excluding hydrogens is 391 g/mol. The Hall–Kier alpha value is -3.06. The number of amides is 1. The molecule has 3 aromatic rings. The summed E-state index contributed by atoms with van der Waals surface area (Å²) in [5.41, 5.74) is 3.67. The molecule has 0 unspecified atom stereocenters. The predicted octanol–water partition coefficient (Wildman–Crippen LogP) is 5.37. The Morgan fingerprint density at radius 3 is 2.62 bits per heavy atom. The van der Waals surface area contributed by atoms with E-state index in [4.69, 9.17) is 4.74 Å². The third-order valence-corrected chi connectivity index (χ3v) is 5.43. The lowest BCUT2D eigenvalue weighted by atomic mass is 10.1. The molecule has 1 heterocycles. The first-order valence-electron chi connectivity index (χ1n) is 9.02. The summed E-state index contributed by atoms with van der Waals surface area (Å²) in [6.07, 6.45) is 0. The molecule has 1 amide bonds. The van der Waals surface area contributed by atoms with Crippen molar-refractivity contribution in [2.45, 2.75) is 34.3 Å². The molecule has 29 heavy (non-hydrogen) atoms. The van der Waals surface area contributed by atoms with Crippen molar-refractivity contribution in [3.63, 3.8) is 0 Å². The molecule has 0 spiro atoms. The molecule has 0 saturated heterocycles. The van der Waals surface area contributed by atoms with Crippen LogP contribution in [0.15, 0.2) is 41.8 Å². The molecule has 0 fully saturated rings. The van der Waals surface area contributed by atoms with Crippen molar-refractivity contribution in [1.29, 1.82) is 0 Å². The minimum absolute atomic E-state index is 0.0982. The van der Waals surface area contributed by atoms with Crippen LogP contribution in [0.3, 0.4) is 0 Å². The topological polar surface area (TPSA) is 59.5 Å². The van der Waals surface area contributed by atoms with E-state index >= 15 is 0 Å². The summed E-state index contributed by atoms with van der Waals surface area (Å²) in [5.74, 6) is -0.621. The summed E-state index contributed by atoms with van der Waals surface area (Å²) < 4.78 is 19.1. The standard InChI is InChI=1S/C22H21FN2O3S/c1-13-6-5-7-20(14(13)2)25(16(4)27)22-24-18(12-29-22)11-28-21-9-8-17(23)10-19(21)15(3)26/h5-10,12H,11H2,1-4H3. The number of nitrogens with zero attached hydrogens (tertiary/aromatic N) is 2. The van der Waals surface area contributed by atoms with E-state index in [2.05, 4.69) is 4.98 Å². The maximum absolute atomic E-state index is 13.4. The fraction of sp³-hybridized carbons (Fsp3) is 0.227. The van der Waals surface area contributed by atoms with Crippen molar-refractivity contribution in [2.24, 2.45) is 0 Å². The zero-order valence-electron chi connectivity index (χ0n) is 16.7. The lowest BCUT2D eigenvalue weighted by molar-refractivity contribution is -0.115. The minimum Gasteiger partial charge on any atom is -0.487 e. The van der Waals surface area contributed by atoms with Crippen LogP contribution in [0.5, 0.6) is 5.75 Å².